The highest BCUT2D eigenvalue weighted by atomic mass is 19.4. The van der Waals surface area contributed by atoms with Crippen LogP contribution in [0.25, 0.3) is 5.57 Å². The molecule has 2 aromatic rings. The first-order chi connectivity index (χ1) is 18.7. The zero-order chi connectivity index (χ0) is 28.0. The molecule has 0 aromatic heterocycles. The third-order valence-electron chi connectivity index (χ3n) is 6.77. The fraction of sp³-hybridized carbons (Fsp3) is 0.429. The lowest BCUT2D eigenvalue weighted by atomic mass is 9.97. The molecule has 39 heavy (non-hydrogen) atoms. The van der Waals surface area contributed by atoms with Crippen molar-refractivity contribution in [2.45, 2.75) is 31.5 Å². The summed E-state index contributed by atoms with van der Waals surface area (Å²) >= 11 is 0. The lowest BCUT2D eigenvalue weighted by molar-refractivity contribution is -0.137. The second kappa shape index (κ2) is 12.6. The number of fused-ring (bicyclic) bond motifs is 2. The number of methoxy groups -OCH3 is 2. The van der Waals surface area contributed by atoms with Crippen LogP contribution in [-0.4, -0.2) is 69.9 Å². The molecule has 1 atom stereocenters. The van der Waals surface area contributed by atoms with E-state index in [1.54, 1.807) is 26.4 Å². The van der Waals surface area contributed by atoms with E-state index in [-0.39, 0.29) is 24.3 Å². The van der Waals surface area contributed by atoms with Gasteiger partial charge in [-0.15, -0.1) is 0 Å². The molecule has 2 aliphatic rings. The minimum Gasteiger partial charge on any atom is -0.493 e. The largest absolute Gasteiger partial charge is 0.493 e. The van der Waals surface area contributed by atoms with Gasteiger partial charge < -0.3 is 24.8 Å². The Labute approximate surface area is 225 Å². The second-order valence-electron chi connectivity index (χ2n) is 9.42. The number of nitrogens with one attached hydrogen (secondary N) is 2. The number of hydrogen-bond donors (Lipinski definition) is 2. The number of alkyl halides is 3. The van der Waals surface area contributed by atoms with Crippen LogP contribution in [0.2, 0.25) is 0 Å². The second-order valence-corrected chi connectivity index (χ2v) is 9.42. The van der Waals surface area contributed by atoms with Crippen molar-refractivity contribution in [3.05, 3.63) is 59.2 Å². The molecule has 2 amide bonds. The monoisotopic (exact) mass is 547 g/mol. The predicted molar refractivity (Wildman–Crippen MR) is 141 cm³/mol. The van der Waals surface area contributed by atoms with E-state index in [0.29, 0.717) is 68.1 Å². The number of halogens is 3. The van der Waals surface area contributed by atoms with Gasteiger partial charge in [0.1, 0.15) is 5.75 Å². The van der Waals surface area contributed by atoms with Gasteiger partial charge in [-0.1, -0.05) is 12.1 Å². The quantitative estimate of drug-likeness (QED) is 0.454. The van der Waals surface area contributed by atoms with Crippen molar-refractivity contribution >= 4 is 28.8 Å². The fourth-order valence-corrected chi connectivity index (χ4v) is 4.75. The van der Waals surface area contributed by atoms with E-state index in [1.165, 1.54) is 12.1 Å². The summed E-state index contributed by atoms with van der Waals surface area (Å²) in [7, 11) is 3.23. The van der Waals surface area contributed by atoms with E-state index in [4.69, 9.17) is 14.2 Å². The van der Waals surface area contributed by atoms with Crippen LogP contribution in [0.1, 0.15) is 29.5 Å². The predicted octanol–water partition coefficient (Wildman–Crippen LogP) is 4.36. The molecule has 0 radical (unpaired) electrons. The van der Waals surface area contributed by atoms with Crippen molar-refractivity contribution < 1.29 is 37.0 Å². The highest BCUT2D eigenvalue weighted by molar-refractivity contribution is 6.05. The molecule has 11 heteroatoms. The highest BCUT2D eigenvalue weighted by Gasteiger charge is 2.33. The summed E-state index contributed by atoms with van der Waals surface area (Å²) in [5.74, 6) is -0.464. The number of anilines is 2. The van der Waals surface area contributed by atoms with Crippen LogP contribution in [0, 0.1) is 0 Å². The summed E-state index contributed by atoms with van der Waals surface area (Å²) in [6.45, 7) is 2.40. The Bertz CT molecular complexity index is 1220. The minimum atomic E-state index is -4.49. The van der Waals surface area contributed by atoms with Crippen LogP contribution < -0.4 is 15.4 Å². The average Bonchev–Trinajstić information content (AvgIpc) is 3.09. The van der Waals surface area contributed by atoms with Crippen molar-refractivity contribution in [3.63, 3.8) is 0 Å². The summed E-state index contributed by atoms with van der Waals surface area (Å²) in [6.07, 6.45) is -1.55. The first-order valence-electron chi connectivity index (χ1n) is 12.7. The molecule has 2 aliphatic heterocycles. The Morgan fingerprint density at radius 1 is 1.15 bits per heavy atom. The smallest absolute Gasteiger partial charge is 0.416 e. The third kappa shape index (κ3) is 7.17. The molecule has 0 saturated heterocycles. The number of amides is 2. The number of ether oxygens (including phenoxy) is 3. The summed E-state index contributed by atoms with van der Waals surface area (Å²) in [5.41, 5.74) is 2.30. The normalized spacial score (nSPS) is 18.2. The van der Waals surface area contributed by atoms with E-state index in [1.807, 2.05) is 11.0 Å². The zero-order valence-corrected chi connectivity index (χ0v) is 21.9. The Balaban J connectivity index is 1.48. The Kier molecular flexibility index (Phi) is 9.26. The number of allylic oxidation sites excluding steroid dienone is 1. The molecule has 8 nitrogen and oxygen atoms in total. The van der Waals surface area contributed by atoms with Crippen molar-refractivity contribution in [2.24, 2.45) is 0 Å². The minimum absolute atomic E-state index is 0.109. The molecule has 1 unspecified atom stereocenters. The van der Waals surface area contributed by atoms with Gasteiger partial charge in [-0.25, -0.2) is 0 Å². The molecule has 2 heterocycles. The molecule has 2 N–H and O–H groups in total. The standard InChI is InChI=1S/C28H32F3N3O5/c1-37-12-9-34(10-13-38-2)24-14-19-5-7-21(17-23(19)33-27(24)36)32-26(35)15-18-4-3-11-39-25-16-20(28(29,30)31)6-8-22(18)25/h5-8,15-17,24H,3-4,9-14H2,1-2H3,(H,32,35)(H,33,36)/b18-15+. The van der Waals surface area contributed by atoms with Crippen molar-refractivity contribution in [3.8, 4) is 5.75 Å². The molecule has 210 valence electrons. The SMILES string of the molecule is COCCN(CCOC)C1Cc2ccc(NC(=O)/C=C3\CCCOc4cc(C(F)(F)F)ccc43)cc2NC1=O. The van der Waals surface area contributed by atoms with Crippen molar-refractivity contribution in [2.75, 3.05) is 57.8 Å². The van der Waals surface area contributed by atoms with Crippen LogP contribution in [0.15, 0.2) is 42.5 Å². The maximum Gasteiger partial charge on any atom is 0.416 e. The van der Waals surface area contributed by atoms with Crippen LogP contribution >= 0.6 is 0 Å². The first-order valence-corrected chi connectivity index (χ1v) is 12.7. The van der Waals surface area contributed by atoms with E-state index < -0.39 is 17.6 Å². The number of carbonyl (C=O) groups is 2. The van der Waals surface area contributed by atoms with Gasteiger partial charge in [-0.05, 0) is 54.7 Å². The Morgan fingerprint density at radius 2 is 1.90 bits per heavy atom. The number of hydrogen-bond acceptors (Lipinski definition) is 6. The summed E-state index contributed by atoms with van der Waals surface area (Å²) in [5, 5.41) is 5.74. The topological polar surface area (TPSA) is 89.1 Å². The Hall–Kier alpha value is -3.41. The fourth-order valence-electron chi connectivity index (χ4n) is 4.75. The van der Waals surface area contributed by atoms with Gasteiger partial charge in [-0.3, -0.25) is 14.5 Å². The van der Waals surface area contributed by atoms with Gasteiger partial charge >= 0.3 is 6.18 Å². The number of carbonyl (C=O) groups excluding carboxylic acids is 2. The molecule has 0 spiro atoms. The molecule has 0 fully saturated rings. The third-order valence-corrected chi connectivity index (χ3v) is 6.77. The zero-order valence-electron chi connectivity index (χ0n) is 21.9. The van der Waals surface area contributed by atoms with Gasteiger partial charge in [0, 0.05) is 50.3 Å². The lowest BCUT2D eigenvalue weighted by Crippen LogP contribution is -2.50. The van der Waals surface area contributed by atoms with Gasteiger partial charge in [0.05, 0.1) is 31.4 Å². The lowest BCUT2D eigenvalue weighted by Gasteiger charge is -2.34. The van der Waals surface area contributed by atoms with Crippen LogP contribution in [-0.2, 0) is 31.7 Å². The van der Waals surface area contributed by atoms with E-state index in [9.17, 15) is 22.8 Å². The van der Waals surface area contributed by atoms with Crippen LogP contribution in [0.3, 0.4) is 0 Å². The Morgan fingerprint density at radius 3 is 2.59 bits per heavy atom. The summed E-state index contributed by atoms with van der Waals surface area (Å²) in [6, 6.07) is 8.26. The molecule has 2 aromatic carbocycles. The van der Waals surface area contributed by atoms with Gasteiger partial charge in [0.2, 0.25) is 11.8 Å². The van der Waals surface area contributed by atoms with Gasteiger partial charge in [0.15, 0.2) is 0 Å². The maximum atomic E-state index is 13.1. The van der Waals surface area contributed by atoms with Gasteiger partial charge in [-0.2, -0.15) is 13.2 Å². The van der Waals surface area contributed by atoms with Crippen molar-refractivity contribution in [1.82, 2.24) is 4.90 Å². The number of rotatable bonds is 9. The van der Waals surface area contributed by atoms with Gasteiger partial charge in [0.25, 0.3) is 0 Å². The van der Waals surface area contributed by atoms with Crippen LogP contribution in [0.4, 0.5) is 24.5 Å². The number of benzene rings is 2. The summed E-state index contributed by atoms with van der Waals surface area (Å²) < 4.78 is 55.3. The molecular weight excluding hydrogens is 515 g/mol. The number of nitrogens with zero attached hydrogens (tertiary/aromatic N) is 1. The molecule has 0 aliphatic carbocycles. The highest BCUT2D eigenvalue weighted by Crippen LogP contribution is 2.38. The molecule has 0 bridgehead atoms. The average molecular weight is 548 g/mol. The van der Waals surface area contributed by atoms with E-state index in [0.717, 1.165) is 17.7 Å². The van der Waals surface area contributed by atoms with Crippen molar-refractivity contribution in [1.29, 1.82) is 0 Å². The van der Waals surface area contributed by atoms with Crippen LogP contribution in [0.5, 0.6) is 5.75 Å². The van der Waals surface area contributed by atoms with E-state index >= 15 is 0 Å². The molecule has 4 rings (SSSR count). The first kappa shape index (κ1) is 28.6. The molecule has 0 saturated carbocycles. The maximum absolute atomic E-state index is 13.1. The summed E-state index contributed by atoms with van der Waals surface area (Å²) in [4.78, 5) is 27.8. The van der Waals surface area contributed by atoms with E-state index in [2.05, 4.69) is 10.6 Å². The molecular formula is C28H32F3N3O5.